The Kier molecular flexibility index (Phi) is 9.83. The number of carbonyl (C=O) groups is 2. The predicted octanol–water partition coefficient (Wildman–Crippen LogP) is 5.54. The van der Waals surface area contributed by atoms with Crippen molar-refractivity contribution in [2.75, 3.05) is 12.3 Å². The lowest BCUT2D eigenvalue weighted by molar-refractivity contribution is -0.138. The summed E-state index contributed by atoms with van der Waals surface area (Å²) in [5.41, 5.74) is 1.96. The lowest BCUT2D eigenvalue weighted by Gasteiger charge is -2.28. The van der Waals surface area contributed by atoms with Crippen molar-refractivity contribution >= 4 is 62.7 Å². The van der Waals surface area contributed by atoms with E-state index in [1.807, 2.05) is 37.3 Å². The van der Waals surface area contributed by atoms with E-state index in [1.165, 1.54) is 11.8 Å². The Morgan fingerprint density at radius 3 is 2.38 bits per heavy atom. The number of thioether (sulfide) groups is 1. The van der Waals surface area contributed by atoms with Crippen molar-refractivity contribution in [3.05, 3.63) is 68.1 Å². The van der Waals surface area contributed by atoms with Crippen LogP contribution in [0.15, 0.2) is 46.9 Å². The number of benzene rings is 2. The Morgan fingerprint density at radius 1 is 1.10 bits per heavy atom. The first-order valence-corrected chi connectivity index (χ1v) is 11.9. The number of hydrogen-bond donors (Lipinski definition) is 1. The maximum Gasteiger partial charge on any atom is 0.242 e. The highest BCUT2D eigenvalue weighted by molar-refractivity contribution is 9.10. The molecule has 1 unspecified atom stereocenters. The molecule has 1 N–H and O–H groups in total. The van der Waals surface area contributed by atoms with Crippen LogP contribution < -0.4 is 5.32 Å². The summed E-state index contributed by atoms with van der Waals surface area (Å²) in [6, 6.07) is 12.6. The molecular weight excluding hydrogens is 495 g/mol. The van der Waals surface area contributed by atoms with Crippen molar-refractivity contribution in [3.63, 3.8) is 0 Å². The minimum absolute atomic E-state index is 0.0864. The molecule has 1 atom stereocenters. The molecule has 0 spiro atoms. The van der Waals surface area contributed by atoms with Crippen molar-refractivity contribution in [1.82, 2.24) is 10.2 Å². The van der Waals surface area contributed by atoms with E-state index in [4.69, 9.17) is 23.2 Å². The zero-order valence-corrected chi connectivity index (χ0v) is 20.2. The molecule has 0 aliphatic heterocycles. The number of halogens is 3. The standard InChI is InChI=1S/C21H23BrCl2N2O2S/c1-3-25-21(28)14(2)26(11-15-4-7-17(22)8-5-15)20(27)13-29-12-16-6-9-18(23)19(24)10-16/h4-10,14H,3,11-13H2,1-2H3,(H,25,28). The Hall–Kier alpha value is -1.21. The third-order valence-corrected chi connectivity index (χ3v) is 6.52. The van der Waals surface area contributed by atoms with Crippen molar-refractivity contribution in [2.24, 2.45) is 0 Å². The molecule has 2 aromatic rings. The second-order valence-electron chi connectivity index (χ2n) is 6.46. The molecule has 29 heavy (non-hydrogen) atoms. The van der Waals surface area contributed by atoms with Gasteiger partial charge in [-0.25, -0.2) is 0 Å². The van der Waals surface area contributed by atoms with E-state index in [1.54, 1.807) is 24.0 Å². The number of likely N-dealkylation sites (N-methyl/N-ethyl adjacent to an activating group) is 1. The fourth-order valence-electron chi connectivity index (χ4n) is 2.66. The molecule has 2 amide bonds. The molecule has 4 nitrogen and oxygen atoms in total. The smallest absolute Gasteiger partial charge is 0.242 e. The Balaban J connectivity index is 2.05. The summed E-state index contributed by atoms with van der Waals surface area (Å²) >= 11 is 16.9. The normalized spacial score (nSPS) is 11.8. The molecule has 0 saturated carbocycles. The van der Waals surface area contributed by atoms with E-state index in [9.17, 15) is 9.59 Å². The minimum atomic E-state index is -0.559. The van der Waals surface area contributed by atoms with Crippen LogP contribution in [0.5, 0.6) is 0 Å². The topological polar surface area (TPSA) is 49.4 Å². The minimum Gasteiger partial charge on any atom is -0.355 e. The van der Waals surface area contributed by atoms with Crippen LogP contribution in [0.1, 0.15) is 25.0 Å². The maximum atomic E-state index is 12.9. The Labute approximate surface area is 194 Å². The molecule has 0 bridgehead atoms. The van der Waals surface area contributed by atoms with Gasteiger partial charge in [-0.1, -0.05) is 57.3 Å². The summed E-state index contributed by atoms with van der Waals surface area (Å²) in [5.74, 6) is 0.648. The van der Waals surface area contributed by atoms with Crippen LogP contribution >= 0.6 is 50.9 Å². The van der Waals surface area contributed by atoms with Gasteiger partial charge in [0.15, 0.2) is 0 Å². The van der Waals surface area contributed by atoms with Crippen molar-refractivity contribution < 1.29 is 9.59 Å². The zero-order valence-electron chi connectivity index (χ0n) is 16.3. The van der Waals surface area contributed by atoms with Gasteiger partial charge in [0.25, 0.3) is 0 Å². The average molecular weight is 518 g/mol. The largest absolute Gasteiger partial charge is 0.355 e. The molecular formula is C21H23BrCl2N2O2S. The average Bonchev–Trinajstić information content (AvgIpc) is 2.69. The molecule has 2 aromatic carbocycles. The van der Waals surface area contributed by atoms with E-state index in [0.29, 0.717) is 28.9 Å². The highest BCUT2D eigenvalue weighted by atomic mass is 79.9. The molecule has 0 saturated heterocycles. The number of nitrogens with one attached hydrogen (secondary N) is 1. The highest BCUT2D eigenvalue weighted by Gasteiger charge is 2.25. The number of hydrogen-bond acceptors (Lipinski definition) is 3. The molecule has 0 heterocycles. The number of carbonyl (C=O) groups excluding carboxylic acids is 2. The van der Waals surface area contributed by atoms with Gasteiger partial charge in [-0.2, -0.15) is 0 Å². The lowest BCUT2D eigenvalue weighted by atomic mass is 10.1. The summed E-state index contributed by atoms with van der Waals surface area (Å²) in [7, 11) is 0. The predicted molar refractivity (Wildman–Crippen MR) is 125 cm³/mol. The SMILES string of the molecule is CCNC(=O)C(C)N(Cc1ccc(Br)cc1)C(=O)CSCc1ccc(Cl)c(Cl)c1. The first kappa shape index (κ1) is 24.1. The van der Waals surface area contributed by atoms with Gasteiger partial charge in [-0.15, -0.1) is 11.8 Å². The van der Waals surface area contributed by atoms with Crippen LogP contribution in [0.4, 0.5) is 0 Å². The van der Waals surface area contributed by atoms with Crippen molar-refractivity contribution in [3.8, 4) is 0 Å². The first-order valence-electron chi connectivity index (χ1n) is 9.15. The van der Waals surface area contributed by atoms with Gasteiger partial charge in [-0.3, -0.25) is 9.59 Å². The van der Waals surface area contributed by atoms with Crippen LogP contribution in [0.3, 0.4) is 0 Å². The lowest BCUT2D eigenvalue weighted by Crippen LogP contribution is -2.48. The van der Waals surface area contributed by atoms with Crippen molar-refractivity contribution in [1.29, 1.82) is 0 Å². The molecule has 0 aliphatic rings. The molecule has 156 valence electrons. The van der Waals surface area contributed by atoms with Gasteiger partial charge in [0.1, 0.15) is 6.04 Å². The molecule has 8 heteroatoms. The number of rotatable bonds is 9. The summed E-state index contributed by atoms with van der Waals surface area (Å²) in [4.78, 5) is 26.9. The summed E-state index contributed by atoms with van der Waals surface area (Å²) in [6.45, 7) is 4.51. The fourth-order valence-corrected chi connectivity index (χ4v) is 4.10. The van der Waals surface area contributed by atoms with Gasteiger partial charge in [-0.05, 0) is 49.2 Å². The van der Waals surface area contributed by atoms with E-state index in [2.05, 4.69) is 21.2 Å². The zero-order chi connectivity index (χ0) is 21.4. The van der Waals surface area contributed by atoms with E-state index >= 15 is 0 Å². The third kappa shape index (κ3) is 7.52. The van der Waals surface area contributed by atoms with E-state index in [0.717, 1.165) is 15.6 Å². The van der Waals surface area contributed by atoms with Crippen LogP contribution in [0.25, 0.3) is 0 Å². The summed E-state index contributed by atoms with van der Waals surface area (Å²) < 4.78 is 0.966. The molecule has 0 aromatic heterocycles. The Bertz CT molecular complexity index is 849. The molecule has 0 radical (unpaired) electrons. The summed E-state index contributed by atoms with van der Waals surface area (Å²) in [5, 5.41) is 3.80. The Morgan fingerprint density at radius 2 is 1.76 bits per heavy atom. The third-order valence-electron chi connectivity index (χ3n) is 4.26. The van der Waals surface area contributed by atoms with E-state index < -0.39 is 6.04 Å². The van der Waals surface area contributed by atoms with Gasteiger partial charge < -0.3 is 10.2 Å². The van der Waals surface area contributed by atoms with Gasteiger partial charge in [0.2, 0.25) is 11.8 Å². The van der Waals surface area contributed by atoms with Crippen LogP contribution in [-0.4, -0.2) is 35.1 Å². The number of nitrogens with zero attached hydrogens (tertiary/aromatic N) is 1. The van der Waals surface area contributed by atoms with Gasteiger partial charge >= 0.3 is 0 Å². The molecule has 0 aliphatic carbocycles. The maximum absolute atomic E-state index is 12.9. The highest BCUT2D eigenvalue weighted by Crippen LogP contribution is 2.25. The van der Waals surface area contributed by atoms with Gasteiger partial charge in [0, 0.05) is 23.3 Å². The van der Waals surface area contributed by atoms with Crippen molar-refractivity contribution in [2.45, 2.75) is 32.2 Å². The molecule has 0 fully saturated rings. The van der Waals surface area contributed by atoms with E-state index in [-0.39, 0.29) is 17.6 Å². The fraction of sp³-hybridized carbons (Fsp3) is 0.333. The second-order valence-corrected chi connectivity index (χ2v) is 9.18. The quantitative estimate of drug-likeness (QED) is 0.474. The van der Waals surface area contributed by atoms with Crippen LogP contribution in [0, 0.1) is 0 Å². The van der Waals surface area contributed by atoms with Gasteiger partial charge in [0.05, 0.1) is 15.8 Å². The van der Waals surface area contributed by atoms with Crippen LogP contribution in [0.2, 0.25) is 10.0 Å². The second kappa shape index (κ2) is 11.8. The van der Waals surface area contributed by atoms with Crippen LogP contribution in [-0.2, 0) is 21.9 Å². The number of amides is 2. The monoisotopic (exact) mass is 516 g/mol. The first-order chi connectivity index (χ1) is 13.8. The summed E-state index contributed by atoms with van der Waals surface area (Å²) in [6.07, 6.45) is 0. The molecule has 2 rings (SSSR count).